The van der Waals surface area contributed by atoms with E-state index in [9.17, 15) is 14.0 Å². The van der Waals surface area contributed by atoms with Gasteiger partial charge in [0, 0.05) is 19.2 Å². The van der Waals surface area contributed by atoms with Crippen molar-refractivity contribution in [1.29, 1.82) is 0 Å². The summed E-state index contributed by atoms with van der Waals surface area (Å²) in [7, 11) is 2.99. The highest BCUT2D eigenvalue weighted by Gasteiger charge is 2.22. The molecule has 2 aromatic heterocycles. The molecule has 0 bridgehead atoms. The lowest BCUT2D eigenvalue weighted by molar-refractivity contribution is 0.0777. The number of benzene rings is 2. The molecule has 0 saturated heterocycles. The van der Waals surface area contributed by atoms with Gasteiger partial charge in [-0.05, 0) is 23.8 Å². The van der Waals surface area contributed by atoms with Crippen molar-refractivity contribution < 1.29 is 18.7 Å². The predicted molar refractivity (Wildman–Crippen MR) is 116 cm³/mol. The van der Waals surface area contributed by atoms with Crippen molar-refractivity contribution in [1.82, 2.24) is 19.3 Å². The third kappa shape index (κ3) is 3.87. The third-order valence-corrected chi connectivity index (χ3v) is 5.01. The van der Waals surface area contributed by atoms with Gasteiger partial charge in [-0.15, -0.1) is 0 Å². The molecule has 0 atom stereocenters. The number of carbonyl (C=O) groups excluding carboxylic acids is 2. The molecule has 162 valence electrons. The molecule has 0 saturated carbocycles. The van der Waals surface area contributed by atoms with Crippen molar-refractivity contribution in [2.45, 2.75) is 6.54 Å². The van der Waals surface area contributed by atoms with Crippen molar-refractivity contribution in [3.8, 4) is 17.0 Å². The second-order valence-corrected chi connectivity index (χ2v) is 7.17. The van der Waals surface area contributed by atoms with Crippen LogP contribution in [-0.2, 0) is 6.54 Å². The Kier molecular flexibility index (Phi) is 5.55. The lowest BCUT2D eigenvalue weighted by Gasteiger charge is -2.19. The third-order valence-electron chi connectivity index (χ3n) is 5.01. The smallest absolute Gasteiger partial charge is 0.271 e. The largest absolute Gasteiger partial charge is 0.494 e. The number of aromatic nitrogens is 3. The van der Waals surface area contributed by atoms with Crippen LogP contribution in [0.3, 0.4) is 0 Å². The van der Waals surface area contributed by atoms with E-state index in [1.807, 2.05) is 30.3 Å². The summed E-state index contributed by atoms with van der Waals surface area (Å²) in [6.45, 7) is 0.154. The zero-order valence-corrected chi connectivity index (χ0v) is 17.4. The van der Waals surface area contributed by atoms with Crippen LogP contribution in [0.25, 0.3) is 16.9 Å². The summed E-state index contributed by atoms with van der Waals surface area (Å²) in [6, 6.07) is 15.4. The number of imidazole rings is 1. The van der Waals surface area contributed by atoms with Gasteiger partial charge in [0.05, 0.1) is 12.8 Å². The molecular formula is C23H20FN5O3. The molecule has 0 aliphatic rings. The Morgan fingerprint density at radius 2 is 1.91 bits per heavy atom. The maximum atomic E-state index is 14.1. The lowest BCUT2D eigenvalue weighted by Crippen LogP contribution is -2.28. The Bertz CT molecular complexity index is 1320. The number of halogens is 1. The first-order valence-corrected chi connectivity index (χ1v) is 9.70. The molecule has 0 aliphatic carbocycles. The van der Waals surface area contributed by atoms with Crippen molar-refractivity contribution >= 4 is 17.5 Å². The summed E-state index contributed by atoms with van der Waals surface area (Å²) in [5.41, 5.74) is 7.69. The standard InChI is InChI=1S/C23H20FN5O3/c1-28(12-14-8-9-19(32-2)16(24)10-14)23(31)18-11-17(15-6-4-3-5-7-15)27-22-20(21(25)30)26-13-29(18)22/h3-11,13H,12H2,1-2H3,(H2,25,30). The summed E-state index contributed by atoms with van der Waals surface area (Å²) in [5, 5.41) is 0. The van der Waals surface area contributed by atoms with E-state index in [1.165, 1.54) is 34.9 Å². The van der Waals surface area contributed by atoms with Gasteiger partial charge in [0.25, 0.3) is 11.8 Å². The number of methoxy groups -OCH3 is 1. The van der Waals surface area contributed by atoms with Gasteiger partial charge >= 0.3 is 0 Å². The van der Waals surface area contributed by atoms with E-state index in [2.05, 4.69) is 9.97 Å². The van der Waals surface area contributed by atoms with E-state index < -0.39 is 11.7 Å². The van der Waals surface area contributed by atoms with E-state index in [4.69, 9.17) is 10.5 Å². The number of nitrogens with zero attached hydrogens (tertiary/aromatic N) is 4. The first-order valence-electron chi connectivity index (χ1n) is 9.70. The maximum absolute atomic E-state index is 14.1. The van der Waals surface area contributed by atoms with E-state index >= 15 is 0 Å². The molecule has 9 heteroatoms. The number of fused-ring (bicyclic) bond motifs is 1. The van der Waals surface area contributed by atoms with Crippen LogP contribution < -0.4 is 10.5 Å². The summed E-state index contributed by atoms with van der Waals surface area (Å²) in [5.74, 6) is -1.49. The fourth-order valence-corrected chi connectivity index (χ4v) is 3.42. The Morgan fingerprint density at radius 3 is 2.56 bits per heavy atom. The van der Waals surface area contributed by atoms with Crippen molar-refractivity contribution in [3.63, 3.8) is 0 Å². The average molecular weight is 433 g/mol. The molecular weight excluding hydrogens is 413 g/mol. The summed E-state index contributed by atoms with van der Waals surface area (Å²) >= 11 is 0. The minimum absolute atomic E-state index is 0.0308. The molecule has 8 nitrogen and oxygen atoms in total. The van der Waals surface area contributed by atoms with Gasteiger partial charge in [-0.2, -0.15) is 0 Å². The molecule has 32 heavy (non-hydrogen) atoms. The molecule has 2 N–H and O–H groups in total. The van der Waals surface area contributed by atoms with Gasteiger partial charge in [-0.3, -0.25) is 14.0 Å². The average Bonchev–Trinajstić information content (AvgIpc) is 3.23. The van der Waals surface area contributed by atoms with Crippen LogP contribution in [0.4, 0.5) is 4.39 Å². The van der Waals surface area contributed by atoms with Crippen LogP contribution in [0.5, 0.6) is 5.75 Å². The first-order chi connectivity index (χ1) is 15.4. The summed E-state index contributed by atoms with van der Waals surface area (Å²) in [4.78, 5) is 35.2. The maximum Gasteiger partial charge on any atom is 0.271 e. The Labute approximate surface area is 183 Å². The van der Waals surface area contributed by atoms with E-state index in [0.717, 1.165) is 5.56 Å². The zero-order valence-electron chi connectivity index (χ0n) is 17.4. The second kappa shape index (κ2) is 8.46. The highest BCUT2D eigenvalue weighted by molar-refractivity contribution is 5.99. The monoisotopic (exact) mass is 433 g/mol. The zero-order chi connectivity index (χ0) is 22.8. The van der Waals surface area contributed by atoms with Gasteiger partial charge in [0.2, 0.25) is 0 Å². The predicted octanol–water partition coefficient (Wildman–Crippen LogP) is 2.92. The quantitative estimate of drug-likeness (QED) is 0.504. The van der Waals surface area contributed by atoms with Crippen LogP contribution >= 0.6 is 0 Å². The molecule has 0 spiro atoms. The summed E-state index contributed by atoms with van der Waals surface area (Å²) in [6.07, 6.45) is 1.34. The first kappa shape index (κ1) is 21.0. The topological polar surface area (TPSA) is 103 Å². The van der Waals surface area contributed by atoms with Crippen LogP contribution in [0.1, 0.15) is 26.5 Å². The highest BCUT2D eigenvalue weighted by Crippen LogP contribution is 2.23. The van der Waals surface area contributed by atoms with E-state index in [-0.39, 0.29) is 35.2 Å². The second-order valence-electron chi connectivity index (χ2n) is 7.17. The number of nitrogens with two attached hydrogens (primary N) is 1. The fourth-order valence-electron chi connectivity index (χ4n) is 3.42. The molecule has 0 unspecified atom stereocenters. The number of ether oxygens (including phenoxy) is 1. The molecule has 2 amide bonds. The molecule has 4 aromatic rings. The molecule has 2 heterocycles. The highest BCUT2D eigenvalue weighted by atomic mass is 19.1. The number of primary amides is 1. The van der Waals surface area contributed by atoms with Crippen molar-refractivity contribution in [2.75, 3.05) is 14.2 Å². The number of amides is 2. The SMILES string of the molecule is COc1ccc(CN(C)C(=O)c2cc(-c3ccccc3)nc3c(C(N)=O)ncn23)cc1F. The van der Waals surface area contributed by atoms with Crippen LogP contribution in [-0.4, -0.2) is 45.2 Å². The number of rotatable bonds is 6. The van der Waals surface area contributed by atoms with Crippen molar-refractivity contribution in [2.24, 2.45) is 5.73 Å². The van der Waals surface area contributed by atoms with E-state index in [1.54, 1.807) is 19.2 Å². The van der Waals surface area contributed by atoms with Gasteiger partial charge in [0.1, 0.15) is 12.0 Å². The van der Waals surface area contributed by atoms with Crippen molar-refractivity contribution in [3.05, 3.63) is 83.7 Å². The fraction of sp³-hybridized carbons (Fsp3) is 0.130. The minimum atomic E-state index is -0.745. The van der Waals surface area contributed by atoms with Gasteiger partial charge in [-0.25, -0.2) is 14.4 Å². The van der Waals surface area contributed by atoms with Gasteiger partial charge in [0.15, 0.2) is 22.9 Å². The number of carbonyl (C=O) groups is 2. The lowest BCUT2D eigenvalue weighted by atomic mass is 10.1. The Morgan fingerprint density at radius 1 is 1.16 bits per heavy atom. The minimum Gasteiger partial charge on any atom is -0.494 e. The molecule has 4 rings (SSSR count). The normalized spacial score (nSPS) is 10.8. The molecule has 2 aromatic carbocycles. The summed E-state index contributed by atoms with van der Waals surface area (Å²) < 4.78 is 20.4. The van der Waals surface area contributed by atoms with Gasteiger partial charge < -0.3 is 15.4 Å². The molecule has 0 aliphatic heterocycles. The Balaban J connectivity index is 1.76. The molecule has 0 fully saturated rings. The molecule has 0 radical (unpaired) electrons. The van der Waals surface area contributed by atoms with E-state index in [0.29, 0.717) is 11.3 Å². The number of hydrogen-bond donors (Lipinski definition) is 1. The van der Waals surface area contributed by atoms with Crippen LogP contribution in [0.15, 0.2) is 60.9 Å². The van der Waals surface area contributed by atoms with Crippen LogP contribution in [0, 0.1) is 5.82 Å². The Hall–Kier alpha value is -4.27. The van der Waals surface area contributed by atoms with Gasteiger partial charge in [-0.1, -0.05) is 36.4 Å². The van der Waals surface area contributed by atoms with Crippen LogP contribution in [0.2, 0.25) is 0 Å². The number of hydrogen-bond acceptors (Lipinski definition) is 5.